The third-order valence-corrected chi connectivity index (χ3v) is 4.65. The van der Waals surface area contributed by atoms with Crippen LogP contribution in [0.3, 0.4) is 0 Å². The van der Waals surface area contributed by atoms with Gasteiger partial charge in [0.1, 0.15) is 10.1 Å². The van der Waals surface area contributed by atoms with Gasteiger partial charge in [0.05, 0.1) is 17.1 Å². The van der Waals surface area contributed by atoms with Gasteiger partial charge in [0.15, 0.2) is 11.5 Å². The van der Waals surface area contributed by atoms with Gasteiger partial charge in [-0.2, -0.15) is 0 Å². The van der Waals surface area contributed by atoms with Gasteiger partial charge in [-0.05, 0) is 55.0 Å². The van der Waals surface area contributed by atoms with Crippen LogP contribution in [-0.4, -0.2) is 22.8 Å². The third kappa shape index (κ3) is 4.72. The van der Waals surface area contributed by atoms with E-state index in [2.05, 4.69) is 5.32 Å². The molecule has 1 saturated heterocycles. The molecule has 3 rings (SSSR count). The van der Waals surface area contributed by atoms with Crippen molar-refractivity contribution in [2.75, 3.05) is 6.61 Å². The first kappa shape index (κ1) is 19.1. The molecule has 0 bridgehead atoms. The van der Waals surface area contributed by atoms with Gasteiger partial charge >= 0.3 is 5.97 Å². The van der Waals surface area contributed by atoms with E-state index in [1.807, 2.05) is 0 Å². The zero-order chi connectivity index (χ0) is 19.4. The Morgan fingerprint density at radius 2 is 1.96 bits per heavy atom. The van der Waals surface area contributed by atoms with Crippen LogP contribution in [-0.2, 0) is 4.79 Å². The molecule has 1 aliphatic heterocycles. The molecule has 138 valence electrons. The summed E-state index contributed by atoms with van der Waals surface area (Å²) in [6.07, 6.45) is 1.67. The van der Waals surface area contributed by atoms with Crippen molar-refractivity contribution >= 4 is 46.3 Å². The molecule has 1 fully saturated rings. The van der Waals surface area contributed by atoms with Crippen LogP contribution in [0.1, 0.15) is 22.8 Å². The minimum Gasteiger partial charge on any atom is -0.490 e. The number of benzene rings is 2. The quantitative estimate of drug-likeness (QED) is 0.353. The van der Waals surface area contributed by atoms with Gasteiger partial charge in [-0.25, -0.2) is 9.18 Å². The molecule has 0 saturated carbocycles. The Labute approximate surface area is 164 Å². The number of hydrogen-bond acceptors (Lipinski definition) is 6. The van der Waals surface area contributed by atoms with Gasteiger partial charge in [0, 0.05) is 0 Å². The largest absolute Gasteiger partial charge is 0.490 e. The Hall–Kier alpha value is -2.71. The predicted octanol–water partition coefficient (Wildman–Crippen LogP) is 3.93. The van der Waals surface area contributed by atoms with E-state index in [9.17, 15) is 14.0 Å². The highest BCUT2D eigenvalue weighted by Gasteiger charge is 2.22. The summed E-state index contributed by atoms with van der Waals surface area (Å²) in [6, 6.07) is 9.99. The zero-order valence-electron chi connectivity index (χ0n) is 14.2. The van der Waals surface area contributed by atoms with Gasteiger partial charge in [0.2, 0.25) is 0 Å². The van der Waals surface area contributed by atoms with Crippen molar-refractivity contribution in [3.63, 3.8) is 0 Å². The second-order valence-electron chi connectivity index (χ2n) is 5.39. The van der Waals surface area contributed by atoms with Gasteiger partial charge in [-0.1, -0.05) is 30.0 Å². The Morgan fingerprint density at radius 3 is 2.59 bits per heavy atom. The van der Waals surface area contributed by atoms with Crippen LogP contribution >= 0.6 is 24.0 Å². The first-order valence-corrected chi connectivity index (χ1v) is 9.18. The molecule has 27 heavy (non-hydrogen) atoms. The molecule has 8 heteroatoms. The zero-order valence-corrected chi connectivity index (χ0v) is 15.8. The second kappa shape index (κ2) is 8.32. The maximum atomic E-state index is 13.0. The van der Waals surface area contributed by atoms with Crippen molar-refractivity contribution in [1.82, 2.24) is 5.32 Å². The van der Waals surface area contributed by atoms with Gasteiger partial charge in [-0.3, -0.25) is 4.79 Å². The van der Waals surface area contributed by atoms with Crippen LogP contribution < -0.4 is 14.8 Å². The van der Waals surface area contributed by atoms with Crippen LogP contribution in [0.15, 0.2) is 47.4 Å². The summed E-state index contributed by atoms with van der Waals surface area (Å²) in [5.74, 6) is -0.735. The number of thiocarbonyl (C=S) groups is 1. The topological polar surface area (TPSA) is 64.6 Å². The molecule has 0 atom stereocenters. The monoisotopic (exact) mass is 403 g/mol. The lowest BCUT2D eigenvalue weighted by Gasteiger charge is -2.11. The fourth-order valence-electron chi connectivity index (χ4n) is 2.28. The number of carbonyl (C=O) groups is 2. The van der Waals surface area contributed by atoms with Crippen molar-refractivity contribution in [1.29, 1.82) is 0 Å². The number of carbonyl (C=O) groups excluding carboxylic acids is 2. The standard InChI is InChI=1S/C19H14FNO4S2/c1-2-24-15-9-11(10-16-17(22)21-19(26)27-16)3-8-14(15)25-18(23)12-4-6-13(20)7-5-12/h3-10H,2H2,1H3,(H,21,22,26)/b16-10+. The van der Waals surface area contributed by atoms with E-state index < -0.39 is 11.8 Å². The molecule has 1 N–H and O–H groups in total. The molecular weight excluding hydrogens is 389 g/mol. The van der Waals surface area contributed by atoms with Gasteiger partial charge < -0.3 is 14.8 Å². The second-order valence-corrected chi connectivity index (χ2v) is 7.11. The summed E-state index contributed by atoms with van der Waals surface area (Å²) in [6.45, 7) is 2.16. The number of esters is 1. The van der Waals surface area contributed by atoms with Gasteiger partial charge in [-0.15, -0.1) is 0 Å². The molecule has 5 nitrogen and oxygen atoms in total. The normalized spacial score (nSPS) is 15.0. The van der Waals surface area contributed by atoms with Crippen LogP contribution in [0.5, 0.6) is 11.5 Å². The molecule has 0 spiro atoms. The first-order chi connectivity index (χ1) is 13.0. The van der Waals surface area contributed by atoms with E-state index >= 15 is 0 Å². The van der Waals surface area contributed by atoms with E-state index in [1.54, 1.807) is 31.2 Å². The molecule has 0 unspecified atom stereocenters. The van der Waals surface area contributed by atoms with E-state index in [0.717, 1.165) is 0 Å². The number of hydrogen-bond donors (Lipinski definition) is 1. The fraction of sp³-hybridized carbons (Fsp3) is 0.105. The van der Waals surface area contributed by atoms with Crippen LogP contribution in [0, 0.1) is 5.82 Å². The fourth-order valence-corrected chi connectivity index (χ4v) is 3.33. The highest BCUT2D eigenvalue weighted by molar-refractivity contribution is 8.26. The number of ether oxygens (including phenoxy) is 2. The van der Waals surface area contributed by atoms with E-state index in [-0.39, 0.29) is 17.2 Å². The molecule has 2 aromatic rings. The van der Waals surface area contributed by atoms with Crippen molar-refractivity contribution in [3.8, 4) is 11.5 Å². The lowest BCUT2D eigenvalue weighted by atomic mass is 10.1. The lowest BCUT2D eigenvalue weighted by Crippen LogP contribution is -2.17. The van der Waals surface area contributed by atoms with E-state index in [0.29, 0.717) is 27.1 Å². The SMILES string of the molecule is CCOc1cc(/C=C2/SC(=S)NC2=O)ccc1OC(=O)c1ccc(F)cc1. The third-order valence-electron chi connectivity index (χ3n) is 3.49. The summed E-state index contributed by atoms with van der Waals surface area (Å²) < 4.78 is 24.3. The molecule has 0 radical (unpaired) electrons. The highest BCUT2D eigenvalue weighted by Crippen LogP contribution is 2.32. The van der Waals surface area contributed by atoms with Crippen molar-refractivity contribution in [3.05, 3.63) is 64.3 Å². The average molecular weight is 403 g/mol. The molecule has 2 aromatic carbocycles. The Balaban J connectivity index is 1.84. The lowest BCUT2D eigenvalue weighted by molar-refractivity contribution is -0.115. The number of thioether (sulfide) groups is 1. The van der Waals surface area contributed by atoms with Crippen LogP contribution in [0.2, 0.25) is 0 Å². The minimum atomic E-state index is -0.627. The minimum absolute atomic E-state index is 0.220. The maximum Gasteiger partial charge on any atom is 0.343 e. The molecule has 1 amide bonds. The predicted molar refractivity (Wildman–Crippen MR) is 105 cm³/mol. The highest BCUT2D eigenvalue weighted by atomic mass is 32.2. The Morgan fingerprint density at radius 1 is 1.22 bits per heavy atom. The summed E-state index contributed by atoms with van der Waals surface area (Å²) in [7, 11) is 0. The molecular formula is C19H14FNO4S2. The average Bonchev–Trinajstić information content (AvgIpc) is 2.95. The number of amides is 1. The van der Waals surface area contributed by atoms with Crippen molar-refractivity contribution in [2.45, 2.75) is 6.92 Å². The van der Waals surface area contributed by atoms with Crippen LogP contribution in [0.4, 0.5) is 4.39 Å². The summed E-state index contributed by atoms with van der Waals surface area (Å²) >= 11 is 6.14. The number of halogens is 1. The maximum absolute atomic E-state index is 13.0. The molecule has 1 heterocycles. The summed E-state index contributed by atoms with van der Waals surface area (Å²) in [5.41, 5.74) is 0.917. The smallest absolute Gasteiger partial charge is 0.343 e. The molecule has 0 aliphatic carbocycles. The Bertz CT molecular complexity index is 941. The summed E-state index contributed by atoms with van der Waals surface area (Å²) in [4.78, 5) is 24.5. The van der Waals surface area contributed by atoms with E-state index in [1.165, 1.54) is 36.0 Å². The Kier molecular flexibility index (Phi) is 5.88. The van der Waals surface area contributed by atoms with E-state index in [4.69, 9.17) is 21.7 Å². The van der Waals surface area contributed by atoms with Crippen LogP contribution in [0.25, 0.3) is 6.08 Å². The van der Waals surface area contributed by atoms with Crippen molar-refractivity contribution in [2.24, 2.45) is 0 Å². The molecule has 0 aromatic heterocycles. The number of nitrogens with one attached hydrogen (secondary N) is 1. The first-order valence-electron chi connectivity index (χ1n) is 7.95. The van der Waals surface area contributed by atoms with Gasteiger partial charge in [0.25, 0.3) is 5.91 Å². The molecule has 1 aliphatic rings. The van der Waals surface area contributed by atoms with Crippen molar-refractivity contribution < 1.29 is 23.5 Å². The summed E-state index contributed by atoms with van der Waals surface area (Å²) in [5, 5.41) is 2.55. The number of rotatable bonds is 5.